The van der Waals surface area contributed by atoms with Crippen LogP contribution in [0.2, 0.25) is 0 Å². The molecular weight excluding hydrogens is 378 g/mol. The number of rotatable bonds is 2. The fourth-order valence-corrected chi connectivity index (χ4v) is 5.73. The first-order valence-corrected chi connectivity index (χ1v) is 10.4. The van der Waals surface area contributed by atoms with E-state index < -0.39 is 29.9 Å². The predicted molar refractivity (Wildman–Crippen MR) is 97.6 cm³/mol. The number of ether oxygens (including phenoxy) is 3. The fraction of sp³-hybridized carbons (Fsp3) is 0.714. The molecule has 0 N–H and O–H groups in total. The Morgan fingerprint density at radius 2 is 1.93 bits per heavy atom. The molecule has 158 valence electrons. The van der Waals surface area contributed by atoms with Crippen LogP contribution in [-0.2, 0) is 24.0 Å². The van der Waals surface area contributed by atoms with Crippen molar-refractivity contribution in [3.8, 4) is 0 Å². The third-order valence-electron chi connectivity index (χ3n) is 7.36. The van der Waals surface area contributed by atoms with Crippen molar-refractivity contribution >= 4 is 5.97 Å². The maximum atomic E-state index is 12.6. The van der Waals surface area contributed by atoms with Gasteiger partial charge in [-0.3, -0.25) is 0 Å². The van der Waals surface area contributed by atoms with Gasteiger partial charge < -0.3 is 19.4 Å². The summed E-state index contributed by atoms with van der Waals surface area (Å²) < 4.78 is 18.8. The summed E-state index contributed by atoms with van der Waals surface area (Å²) in [4.78, 5) is 24.5. The molecular formula is C21H27NO7. The average Bonchev–Trinajstić information content (AvgIpc) is 2.92. The lowest BCUT2D eigenvalue weighted by atomic mass is 9.58. The summed E-state index contributed by atoms with van der Waals surface area (Å²) in [5, 5.41) is 11.2. The number of aromatic nitrogens is 1. The Morgan fingerprint density at radius 1 is 1.17 bits per heavy atom. The largest absolute Gasteiger partial charge is 0.619 e. The van der Waals surface area contributed by atoms with Crippen LogP contribution in [0.5, 0.6) is 0 Å². The summed E-state index contributed by atoms with van der Waals surface area (Å²) in [6.07, 6.45) is 4.80. The van der Waals surface area contributed by atoms with E-state index in [9.17, 15) is 10.0 Å². The Morgan fingerprint density at radius 3 is 2.69 bits per heavy atom. The highest BCUT2D eigenvalue weighted by molar-refractivity contribution is 5.89. The van der Waals surface area contributed by atoms with Gasteiger partial charge in [-0.1, -0.05) is 13.8 Å². The lowest BCUT2D eigenvalue weighted by molar-refractivity contribution is -0.605. The van der Waals surface area contributed by atoms with Gasteiger partial charge in [0.2, 0.25) is 12.1 Å². The molecule has 8 nitrogen and oxygen atoms in total. The predicted octanol–water partition coefficient (Wildman–Crippen LogP) is 2.68. The number of nitrogens with zero attached hydrogens (tertiary/aromatic N) is 1. The van der Waals surface area contributed by atoms with Crippen molar-refractivity contribution in [2.75, 3.05) is 0 Å². The van der Waals surface area contributed by atoms with Gasteiger partial charge in [0.15, 0.2) is 24.3 Å². The molecule has 4 aliphatic heterocycles. The van der Waals surface area contributed by atoms with Crippen molar-refractivity contribution < 1.29 is 33.5 Å². The number of hydrogen-bond donors (Lipinski definition) is 0. The molecule has 4 saturated heterocycles. The van der Waals surface area contributed by atoms with Crippen LogP contribution in [0.15, 0.2) is 24.5 Å². The van der Waals surface area contributed by atoms with Crippen molar-refractivity contribution in [2.24, 2.45) is 23.7 Å². The van der Waals surface area contributed by atoms with E-state index in [-0.39, 0.29) is 17.8 Å². The highest BCUT2D eigenvalue weighted by Gasteiger charge is 2.69. The van der Waals surface area contributed by atoms with Crippen LogP contribution in [0.3, 0.4) is 0 Å². The number of fused-ring (bicyclic) bond motifs is 2. The van der Waals surface area contributed by atoms with E-state index in [1.165, 1.54) is 24.5 Å². The topological polar surface area (TPSA) is 90.2 Å². The molecule has 0 aromatic carbocycles. The number of esters is 1. The standard InChI is InChI=1S/C21H27NO7/c1-12-4-5-16-13(2)18(25-17(23)14-7-10-22(24)11-8-14)26-19-21(16)15(12)6-9-20(3,27-19)28-29-21/h7-8,10-13,15-16,18-19H,4-6,9H2,1-3H3/t12-,13-,15+,16?,18-,19?,20+,21?/m1/s1. The van der Waals surface area contributed by atoms with E-state index in [1.54, 1.807) is 0 Å². The quantitative estimate of drug-likeness (QED) is 0.323. The van der Waals surface area contributed by atoms with Crippen LogP contribution in [-0.4, -0.2) is 29.9 Å². The molecule has 5 fully saturated rings. The lowest BCUT2D eigenvalue weighted by Gasteiger charge is -2.59. The second-order valence-corrected chi connectivity index (χ2v) is 9.13. The van der Waals surface area contributed by atoms with Gasteiger partial charge in [-0.25, -0.2) is 14.6 Å². The molecule has 1 aromatic heterocycles. The first-order chi connectivity index (χ1) is 13.8. The molecule has 2 bridgehead atoms. The molecule has 29 heavy (non-hydrogen) atoms. The molecule has 0 radical (unpaired) electrons. The summed E-state index contributed by atoms with van der Waals surface area (Å²) in [6.45, 7) is 6.15. The smallest absolute Gasteiger partial charge is 0.340 e. The molecule has 8 heteroatoms. The molecule has 1 aromatic rings. The van der Waals surface area contributed by atoms with E-state index in [0.29, 0.717) is 16.2 Å². The second kappa shape index (κ2) is 6.63. The highest BCUT2D eigenvalue weighted by Crippen LogP contribution is 2.60. The van der Waals surface area contributed by atoms with Gasteiger partial charge in [-0.05, 0) is 38.0 Å². The van der Waals surface area contributed by atoms with Crippen LogP contribution >= 0.6 is 0 Å². The van der Waals surface area contributed by atoms with E-state index in [0.717, 1.165) is 25.7 Å². The number of pyridine rings is 1. The van der Waals surface area contributed by atoms with Crippen molar-refractivity contribution in [2.45, 2.75) is 70.4 Å². The zero-order chi connectivity index (χ0) is 20.4. The van der Waals surface area contributed by atoms with E-state index in [2.05, 4.69) is 6.92 Å². The first-order valence-electron chi connectivity index (χ1n) is 10.4. The van der Waals surface area contributed by atoms with Gasteiger partial charge in [0.25, 0.3) is 0 Å². The third-order valence-corrected chi connectivity index (χ3v) is 7.36. The Labute approximate surface area is 169 Å². The summed E-state index contributed by atoms with van der Waals surface area (Å²) in [7, 11) is 0. The zero-order valence-electron chi connectivity index (χ0n) is 16.9. The Bertz CT molecular complexity index is 801. The Hall–Kier alpha value is -1.74. The molecule has 3 unspecified atom stereocenters. The molecule has 8 atom stereocenters. The van der Waals surface area contributed by atoms with Gasteiger partial charge >= 0.3 is 5.97 Å². The minimum absolute atomic E-state index is 0.0856. The van der Waals surface area contributed by atoms with Crippen molar-refractivity contribution in [3.05, 3.63) is 35.3 Å². The van der Waals surface area contributed by atoms with Gasteiger partial charge in [-0.2, -0.15) is 4.73 Å². The Kier molecular flexibility index (Phi) is 4.40. The fourth-order valence-electron chi connectivity index (χ4n) is 5.73. The van der Waals surface area contributed by atoms with Crippen molar-refractivity contribution in [1.29, 1.82) is 0 Å². The summed E-state index contributed by atoms with van der Waals surface area (Å²) in [5.41, 5.74) is -0.380. The van der Waals surface area contributed by atoms with Crippen LogP contribution in [0.4, 0.5) is 0 Å². The van der Waals surface area contributed by atoms with Gasteiger partial charge in [0, 0.05) is 30.4 Å². The lowest BCUT2D eigenvalue weighted by Crippen LogP contribution is -2.70. The highest BCUT2D eigenvalue weighted by atomic mass is 17.3. The summed E-state index contributed by atoms with van der Waals surface area (Å²) in [5.74, 6) is -0.666. The second-order valence-electron chi connectivity index (χ2n) is 9.13. The number of hydrogen-bond acceptors (Lipinski definition) is 7. The molecule has 6 rings (SSSR count). The molecule has 0 amide bonds. The molecule has 1 saturated carbocycles. The van der Waals surface area contributed by atoms with Crippen LogP contribution < -0.4 is 4.73 Å². The van der Waals surface area contributed by atoms with Crippen molar-refractivity contribution in [3.63, 3.8) is 0 Å². The van der Waals surface area contributed by atoms with Crippen LogP contribution in [0, 0.1) is 28.9 Å². The zero-order valence-corrected chi connectivity index (χ0v) is 16.9. The third kappa shape index (κ3) is 2.88. The van der Waals surface area contributed by atoms with E-state index in [1.807, 2.05) is 13.8 Å². The first kappa shape index (κ1) is 19.2. The van der Waals surface area contributed by atoms with E-state index >= 15 is 0 Å². The number of carbonyl (C=O) groups is 1. The molecule has 5 heterocycles. The molecule has 1 aliphatic carbocycles. The number of carbonyl (C=O) groups excluding carboxylic acids is 1. The van der Waals surface area contributed by atoms with Crippen LogP contribution in [0.25, 0.3) is 0 Å². The maximum absolute atomic E-state index is 12.6. The monoisotopic (exact) mass is 405 g/mol. The average molecular weight is 405 g/mol. The van der Waals surface area contributed by atoms with Crippen LogP contribution in [0.1, 0.15) is 56.8 Å². The minimum atomic E-state index is -0.867. The summed E-state index contributed by atoms with van der Waals surface area (Å²) in [6, 6.07) is 2.87. The minimum Gasteiger partial charge on any atom is -0.619 e. The molecule has 5 aliphatic rings. The normalized spacial score (nSPS) is 45.9. The van der Waals surface area contributed by atoms with E-state index in [4.69, 9.17) is 24.0 Å². The SMILES string of the molecule is C[C@@H]1CCC2[C@@H](C)[C@H](OC(=O)c3cc[n+]([O-])cc3)OC3O[C@]4(C)CC[C@@H]1C32OO4. The maximum Gasteiger partial charge on any atom is 0.340 e. The van der Waals surface area contributed by atoms with Gasteiger partial charge in [0.05, 0.1) is 5.56 Å². The van der Waals surface area contributed by atoms with Crippen molar-refractivity contribution in [1.82, 2.24) is 0 Å². The summed E-state index contributed by atoms with van der Waals surface area (Å²) >= 11 is 0. The van der Waals surface area contributed by atoms with Gasteiger partial charge in [-0.15, -0.1) is 0 Å². The molecule has 1 spiro atoms. The Balaban J connectivity index is 1.44. The van der Waals surface area contributed by atoms with Gasteiger partial charge in [0.1, 0.15) is 0 Å².